The van der Waals surface area contributed by atoms with Crippen molar-refractivity contribution in [1.82, 2.24) is 0 Å². The van der Waals surface area contributed by atoms with Crippen molar-refractivity contribution >= 4 is 25.9 Å². The van der Waals surface area contributed by atoms with Crippen LogP contribution in [0.5, 0.6) is 0 Å². The normalized spacial score (nSPS) is 14.3. The lowest BCUT2D eigenvalue weighted by molar-refractivity contribution is -0.635. The lowest BCUT2D eigenvalue weighted by atomic mass is 9.96. The Kier molecular flexibility index (Phi) is 4.34. The van der Waals surface area contributed by atoms with E-state index in [1.165, 1.54) is 12.5 Å². The van der Waals surface area contributed by atoms with E-state index in [1.807, 2.05) is 0 Å². The molecule has 1 aromatic rings. The summed E-state index contributed by atoms with van der Waals surface area (Å²) >= 11 is 0. The summed E-state index contributed by atoms with van der Waals surface area (Å²) in [6, 6.07) is 1.67. The van der Waals surface area contributed by atoms with Crippen LogP contribution in [0.25, 0.3) is 0 Å². The van der Waals surface area contributed by atoms with E-state index < -0.39 is 41.0 Å². The molecule has 0 saturated heterocycles. The molecule has 1 aromatic carbocycles. The summed E-state index contributed by atoms with van der Waals surface area (Å²) < 4.78 is 55.9. The minimum absolute atomic E-state index is 0.0997. The first-order valence-electron chi connectivity index (χ1n) is 5.72. The van der Waals surface area contributed by atoms with Crippen LogP contribution in [-0.4, -0.2) is 21.8 Å². The average Bonchev–Trinajstić information content (AvgIpc) is 2.52. The minimum Gasteiger partial charge on any atom is -0.257 e. The van der Waals surface area contributed by atoms with Crippen LogP contribution >= 0.6 is 0 Å². The second-order valence-electron chi connectivity index (χ2n) is 4.20. The fourth-order valence-corrected chi connectivity index (χ4v) is 3.62. The van der Waals surface area contributed by atoms with Crippen molar-refractivity contribution in [2.45, 2.75) is 4.90 Å². The molecule has 6 N–H and O–H groups in total. The molecule has 1 aliphatic rings. The molecule has 23 heavy (non-hydrogen) atoms. The van der Waals surface area contributed by atoms with Crippen molar-refractivity contribution in [3.63, 3.8) is 0 Å². The molecule has 0 unspecified atom stereocenters. The first-order chi connectivity index (χ1) is 10.6. The molecular formula is C10H11N3O8S2+4. The van der Waals surface area contributed by atoms with Crippen LogP contribution in [0.2, 0.25) is 0 Å². The molecule has 122 valence electrons. The lowest BCUT2D eigenvalue weighted by Gasteiger charge is -2.06. The SMILES string of the molecule is [NH3+]OS(=O)(=O)c1cc([N+](=O)[O-])cc2c1[CH+]C=C[C+]2S(=O)(=O)O[NH3+]. The number of fused-ring (bicyclic) bond motifs is 1. The van der Waals surface area contributed by atoms with Crippen LogP contribution < -0.4 is 11.8 Å². The van der Waals surface area contributed by atoms with E-state index in [2.05, 4.69) is 20.4 Å². The zero-order valence-corrected chi connectivity index (χ0v) is 13.0. The van der Waals surface area contributed by atoms with E-state index in [-0.39, 0.29) is 11.1 Å². The molecule has 0 spiro atoms. The van der Waals surface area contributed by atoms with Crippen LogP contribution in [-0.2, 0) is 28.8 Å². The van der Waals surface area contributed by atoms with Gasteiger partial charge in [0.25, 0.3) is 5.25 Å². The number of non-ortho nitro benzene ring substituents is 1. The highest BCUT2D eigenvalue weighted by atomic mass is 32.2. The van der Waals surface area contributed by atoms with Crippen LogP contribution in [0.4, 0.5) is 5.69 Å². The molecule has 0 aliphatic heterocycles. The molecule has 0 atom stereocenters. The molecule has 0 amide bonds. The third-order valence-corrected chi connectivity index (χ3v) is 5.35. The van der Waals surface area contributed by atoms with Gasteiger partial charge in [0.15, 0.2) is 0 Å². The highest BCUT2D eigenvalue weighted by Crippen LogP contribution is 2.38. The molecular weight excluding hydrogens is 354 g/mol. The Labute approximate surface area is 130 Å². The van der Waals surface area contributed by atoms with Gasteiger partial charge in [0.2, 0.25) is 16.0 Å². The fraction of sp³-hybridized carbons (Fsp3) is 0. The van der Waals surface area contributed by atoms with Gasteiger partial charge in [-0.15, -0.1) is 0 Å². The maximum Gasteiger partial charge on any atom is 0.397 e. The maximum atomic E-state index is 11.9. The molecule has 1 aliphatic carbocycles. The molecule has 13 heteroatoms. The van der Waals surface area contributed by atoms with Crippen molar-refractivity contribution < 1.29 is 42.1 Å². The van der Waals surface area contributed by atoms with E-state index in [0.717, 1.165) is 18.2 Å². The van der Waals surface area contributed by atoms with Gasteiger partial charge >= 0.3 is 25.9 Å². The second kappa shape index (κ2) is 5.80. The van der Waals surface area contributed by atoms with E-state index >= 15 is 0 Å². The van der Waals surface area contributed by atoms with Crippen molar-refractivity contribution in [2.24, 2.45) is 0 Å². The number of hydrogen-bond donors (Lipinski definition) is 2. The molecule has 0 bridgehead atoms. The van der Waals surface area contributed by atoms with Gasteiger partial charge in [0.1, 0.15) is 24.6 Å². The molecule has 0 radical (unpaired) electrons. The second-order valence-corrected chi connectivity index (χ2v) is 7.36. The van der Waals surface area contributed by atoms with E-state index in [0.29, 0.717) is 0 Å². The summed E-state index contributed by atoms with van der Waals surface area (Å²) in [5, 5.41) is 10.5. The number of rotatable bonds is 5. The molecule has 0 heterocycles. The number of quaternary nitrogens is 2. The van der Waals surface area contributed by atoms with Gasteiger partial charge in [-0.05, 0) is 0 Å². The van der Waals surface area contributed by atoms with Gasteiger partial charge in [-0.25, -0.2) is 0 Å². The monoisotopic (exact) mass is 365 g/mol. The largest absolute Gasteiger partial charge is 0.397 e. The highest BCUT2D eigenvalue weighted by molar-refractivity contribution is 7.90. The predicted octanol–water partition coefficient (Wildman–Crippen LogP) is -2.04. The average molecular weight is 365 g/mol. The number of benzene rings is 1. The molecule has 0 aromatic heterocycles. The Balaban J connectivity index is 2.84. The van der Waals surface area contributed by atoms with E-state index in [1.54, 1.807) is 0 Å². The third kappa shape index (κ3) is 3.00. The van der Waals surface area contributed by atoms with Crippen molar-refractivity contribution in [3.8, 4) is 0 Å². The van der Waals surface area contributed by atoms with Gasteiger partial charge in [-0.2, -0.15) is 28.6 Å². The Hall–Kier alpha value is -2.16. The number of hydrogen-bond acceptors (Lipinski definition) is 8. The molecule has 2 rings (SSSR count). The lowest BCUT2D eigenvalue weighted by Crippen LogP contribution is -2.52. The third-order valence-electron chi connectivity index (χ3n) is 2.96. The van der Waals surface area contributed by atoms with E-state index in [9.17, 15) is 26.9 Å². The molecule has 11 nitrogen and oxygen atoms in total. The maximum absolute atomic E-state index is 11.9. The standard InChI is InChI=1S/C10H11N3O8S2/c11-20-22(16,17)9-3-1-2-7-8(9)4-6(13(14)15)5-10(7)23(18,19)21-12/h1-5H,11-12H3/q+4. The zero-order valence-electron chi connectivity index (χ0n) is 11.3. The summed E-state index contributed by atoms with van der Waals surface area (Å²) in [5.41, 5.74) is -0.960. The number of nitrogens with zero attached hydrogens (tertiary/aromatic N) is 1. The van der Waals surface area contributed by atoms with Crippen molar-refractivity contribution in [3.05, 3.63) is 57.2 Å². The highest BCUT2D eigenvalue weighted by Gasteiger charge is 2.49. The first kappa shape index (κ1) is 17.2. The smallest absolute Gasteiger partial charge is 0.257 e. The summed E-state index contributed by atoms with van der Waals surface area (Å²) in [4.78, 5) is 9.55. The van der Waals surface area contributed by atoms with Crippen LogP contribution in [0.3, 0.4) is 0 Å². The topological polar surface area (TPSA) is 185 Å². The number of nitro benzene ring substituents is 1. The van der Waals surface area contributed by atoms with Gasteiger partial charge in [0.05, 0.1) is 11.0 Å². The summed E-state index contributed by atoms with van der Waals surface area (Å²) in [6.07, 6.45) is 3.63. The van der Waals surface area contributed by atoms with Gasteiger partial charge in [-0.1, -0.05) is 8.57 Å². The zero-order chi connectivity index (χ0) is 17.4. The van der Waals surface area contributed by atoms with Crippen LogP contribution in [0, 0.1) is 21.8 Å². The Bertz CT molecular complexity index is 891. The molecule has 0 saturated carbocycles. The minimum atomic E-state index is -4.42. The van der Waals surface area contributed by atoms with Gasteiger partial charge in [0, 0.05) is 0 Å². The fourth-order valence-electron chi connectivity index (χ4n) is 1.97. The predicted molar refractivity (Wildman–Crippen MR) is 72.0 cm³/mol. The summed E-state index contributed by atoms with van der Waals surface area (Å²) in [5.74, 6) is 5.60. The van der Waals surface area contributed by atoms with Crippen LogP contribution in [0.1, 0.15) is 11.1 Å². The quantitative estimate of drug-likeness (QED) is 0.339. The Morgan fingerprint density at radius 2 is 1.83 bits per heavy atom. The number of allylic oxidation sites excluding steroid dienone is 1. The summed E-state index contributed by atoms with van der Waals surface area (Å²) in [7, 11) is -8.74. The van der Waals surface area contributed by atoms with Crippen molar-refractivity contribution in [1.29, 1.82) is 0 Å². The number of nitro groups is 1. The Morgan fingerprint density at radius 3 is 2.35 bits per heavy atom. The first-order valence-corrected chi connectivity index (χ1v) is 8.54. The van der Waals surface area contributed by atoms with Gasteiger partial charge < -0.3 is 0 Å². The van der Waals surface area contributed by atoms with Gasteiger partial charge in [-0.3, -0.25) is 10.1 Å². The molecule has 0 fully saturated rings. The summed E-state index contributed by atoms with van der Waals surface area (Å²) in [6.45, 7) is 0. The van der Waals surface area contributed by atoms with Crippen LogP contribution in [0.15, 0.2) is 29.2 Å². The Morgan fingerprint density at radius 1 is 1.17 bits per heavy atom. The van der Waals surface area contributed by atoms with Crippen molar-refractivity contribution in [2.75, 3.05) is 0 Å². The van der Waals surface area contributed by atoms with E-state index in [4.69, 9.17) is 0 Å².